The number of benzene rings is 2. The molecule has 2 atom stereocenters. The van der Waals surface area contributed by atoms with E-state index in [1.165, 1.54) is 5.56 Å². The molecular formula is C20H25NO3. The molecule has 0 aliphatic rings. The Bertz CT molecular complexity index is 642. The van der Waals surface area contributed by atoms with Gasteiger partial charge in [-0.25, -0.2) is 0 Å². The summed E-state index contributed by atoms with van der Waals surface area (Å²) in [5.74, 6) is 1.50. The van der Waals surface area contributed by atoms with Crippen LogP contribution in [-0.2, 0) is 4.79 Å². The maximum Gasteiger partial charge on any atom is 0.261 e. The molecule has 0 spiro atoms. The fourth-order valence-electron chi connectivity index (χ4n) is 2.43. The number of rotatable bonds is 8. The zero-order chi connectivity index (χ0) is 17.4. The van der Waals surface area contributed by atoms with E-state index in [0.29, 0.717) is 24.5 Å². The third-order valence-electron chi connectivity index (χ3n) is 3.93. The van der Waals surface area contributed by atoms with Gasteiger partial charge < -0.3 is 14.8 Å². The van der Waals surface area contributed by atoms with Crippen molar-refractivity contribution < 1.29 is 14.3 Å². The van der Waals surface area contributed by atoms with E-state index in [-0.39, 0.29) is 11.8 Å². The van der Waals surface area contributed by atoms with Crippen LogP contribution >= 0.6 is 0 Å². The van der Waals surface area contributed by atoms with Crippen LogP contribution in [-0.4, -0.2) is 25.7 Å². The van der Waals surface area contributed by atoms with Crippen LogP contribution in [0.4, 0.5) is 0 Å². The molecule has 1 N–H and O–H groups in total. The Hall–Kier alpha value is -2.49. The molecule has 0 heterocycles. The normalized spacial score (nSPS) is 13.0. The first-order valence-electron chi connectivity index (χ1n) is 8.27. The van der Waals surface area contributed by atoms with Crippen molar-refractivity contribution in [1.29, 1.82) is 0 Å². The second-order valence-corrected chi connectivity index (χ2v) is 5.75. The molecule has 2 rings (SSSR count). The van der Waals surface area contributed by atoms with E-state index >= 15 is 0 Å². The van der Waals surface area contributed by atoms with Crippen molar-refractivity contribution in [1.82, 2.24) is 5.32 Å². The van der Waals surface area contributed by atoms with E-state index in [1.54, 1.807) is 13.2 Å². The highest BCUT2D eigenvalue weighted by Gasteiger charge is 2.19. The van der Waals surface area contributed by atoms with Gasteiger partial charge in [0.15, 0.2) is 6.10 Å². The summed E-state index contributed by atoms with van der Waals surface area (Å²) in [6, 6.07) is 17.4. The third-order valence-corrected chi connectivity index (χ3v) is 3.93. The molecule has 0 bridgehead atoms. The summed E-state index contributed by atoms with van der Waals surface area (Å²) in [6.07, 6.45) is 0.0861. The molecule has 0 aliphatic heterocycles. The van der Waals surface area contributed by atoms with E-state index in [2.05, 4.69) is 24.4 Å². The molecule has 2 aromatic rings. The van der Waals surface area contributed by atoms with Gasteiger partial charge in [0.2, 0.25) is 0 Å². The molecule has 1 amide bonds. The first-order chi connectivity index (χ1) is 11.6. The predicted octanol–water partition coefficient (Wildman–Crippen LogP) is 3.77. The second-order valence-electron chi connectivity index (χ2n) is 5.75. The van der Waals surface area contributed by atoms with Crippen LogP contribution in [0.15, 0.2) is 54.6 Å². The molecule has 0 unspecified atom stereocenters. The molecule has 128 valence electrons. The van der Waals surface area contributed by atoms with Crippen LogP contribution in [0.5, 0.6) is 11.5 Å². The van der Waals surface area contributed by atoms with Gasteiger partial charge in [0.1, 0.15) is 11.5 Å². The van der Waals surface area contributed by atoms with Crippen molar-refractivity contribution in [3.8, 4) is 11.5 Å². The monoisotopic (exact) mass is 327 g/mol. The van der Waals surface area contributed by atoms with Crippen molar-refractivity contribution in [2.75, 3.05) is 13.7 Å². The predicted molar refractivity (Wildman–Crippen MR) is 95.6 cm³/mol. The van der Waals surface area contributed by atoms with Gasteiger partial charge in [-0.3, -0.25) is 4.79 Å². The Kier molecular flexibility index (Phi) is 6.67. The molecule has 0 saturated heterocycles. The first kappa shape index (κ1) is 17.9. The third kappa shape index (κ3) is 5.01. The fraction of sp³-hybridized carbons (Fsp3) is 0.350. The van der Waals surface area contributed by atoms with Crippen LogP contribution in [0.2, 0.25) is 0 Å². The van der Waals surface area contributed by atoms with Gasteiger partial charge in [-0.1, -0.05) is 50.2 Å². The SMILES string of the molecule is CC[C@@H](Oc1cccc(OC)c1)C(=O)NC[C@@H](C)c1ccccc1. The topological polar surface area (TPSA) is 47.6 Å². The zero-order valence-electron chi connectivity index (χ0n) is 14.5. The zero-order valence-corrected chi connectivity index (χ0v) is 14.5. The summed E-state index contributed by atoms with van der Waals surface area (Å²) in [5.41, 5.74) is 1.21. The van der Waals surface area contributed by atoms with Crippen molar-refractivity contribution in [2.24, 2.45) is 0 Å². The summed E-state index contributed by atoms with van der Waals surface area (Å²) < 4.78 is 11.0. The summed E-state index contributed by atoms with van der Waals surface area (Å²) in [6.45, 7) is 4.62. The van der Waals surface area contributed by atoms with E-state index in [4.69, 9.17) is 9.47 Å². The largest absolute Gasteiger partial charge is 0.497 e. The average molecular weight is 327 g/mol. The van der Waals surface area contributed by atoms with Gasteiger partial charge in [-0.2, -0.15) is 0 Å². The smallest absolute Gasteiger partial charge is 0.261 e. The van der Waals surface area contributed by atoms with E-state index in [9.17, 15) is 4.79 Å². The van der Waals surface area contributed by atoms with E-state index in [1.807, 2.05) is 43.3 Å². The van der Waals surface area contributed by atoms with Gasteiger partial charge >= 0.3 is 0 Å². The quantitative estimate of drug-likeness (QED) is 0.803. The minimum Gasteiger partial charge on any atom is -0.497 e. The second kappa shape index (κ2) is 8.96. The van der Waals surface area contributed by atoms with E-state index < -0.39 is 6.10 Å². The molecule has 24 heavy (non-hydrogen) atoms. The fourth-order valence-corrected chi connectivity index (χ4v) is 2.43. The van der Waals surface area contributed by atoms with Gasteiger partial charge in [0.05, 0.1) is 7.11 Å². The van der Waals surface area contributed by atoms with Crippen LogP contribution in [0.1, 0.15) is 31.7 Å². The number of ether oxygens (including phenoxy) is 2. The summed E-state index contributed by atoms with van der Waals surface area (Å²) >= 11 is 0. The lowest BCUT2D eigenvalue weighted by Crippen LogP contribution is -2.39. The maximum atomic E-state index is 12.4. The van der Waals surface area contributed by atoms with Crippen LogP contribution in [0, 0.1) is 0 Å². The van der Waals surface area contributed by atoms with Crippen molar-refractivity contribution in [3.63, 3.8) is 0 Å². The average Bonchev–Trinajstić information content (AvgIpc) is 2.64. The molecule has 4 nitrogen and oxygen atoms in total. The van der Waals surface area contributed by atoms with Crippen LogP contribution in [0.25, 0.3) is 0 Å². The van der Waals surface area contributed by atoms with Crippen LogP contribution in [0.3, 0.4) is 0 Å². The number of carbonyl (C=O) groups is 1. The Morgan fingerprint density at radius 3 is 2.46 bits per heavy atom. The molecule has 0 fully saturated rings. The summed E-state index contributed by atoms with van der Waals surface area (Å²) in [5, 5.41) is 2.99. The molecule has 2 aromatic carbocycles. The highest BCUT2D eigenvalue weighted by atomic mass is 16.5. The number of nitrogens with one attached hydrogen (secondary N) is 1. The minimum absolute atomic E-state index is 0.0944. The number of carbonyl (C=O) groups excluding carboxylic acids is 1. The number of hydrogen-bond donors (Lipinski definition) is 1. The molecular weight excluding hydrogens is 302 g/mol. The number of hydrogen-bond acceptors (Lipinski definition) is 3. The molecule has 0 saturated carbocycles. The summed E-state index contributed by atoms with van der Waals surface area (Å²) in [7, 11) is 1.61. The molecule has 4 heteroatoms. The lowest BCUT2D eigenvalue weighted by molar-refractivity contribution is -0.128. The van der Waals surface area contributed by atoms with Gasteiger partial charge in [-0.15, -0.1) is 0 Å². The highest BCUT2D eigenvalue weighted by Crippen LogP contribution is 2.21. The Morgan fingerprint density at radius 1 is 1.08 bits per heavy atom. The maximum absolute atomic E-state index is 12.4. The lowest BCUT2D eigenvalue weighted by Gasteiger charge is -2.19. The van der Waals surface area contributed by atoms with Crippen molar-refractivity contribution in [3.05, 3.63) is 60.2 Å². The van der Waals surface area contributed by atoms with Crippen molar-refractivity contribution in [2.45, 2.75) is 32.3 Å². The Morgan fingerprint density at radius 2 is 1.79 bits per heavy atom. The standard InChI is InChI=1S/C20H25NO3/c1-4-19(24-18-12-8-11-17(13-18)23-3)20(22)21-14-15(2)16-9-6-5-7-10-16/h5-13,15,19H,4,14H2,1-3H3,(H,21,22)/t15-,19-/m1/s1. The molecule has 0 aliphatic carbocycles. The Balaban J connectivity index is 1.91. The molecule has 0 aromatic heterocycles. The van der Waals surface area contributed by atoms with Gasteiger partial charge in [0.25, 0.3) is 5.91 Å². The van der Waals surface area contributed by atoms with E-state index in [0.717, 1.165) is 0 Å². The lowest BCUT2D eigenvalue weighted by atomic mass is 10.0. The first-order valence-corrected chi connectivity index (χ1v) is 8.27. The van der Waals surface area contributed by atoms with Crippen molar-refractivity contribution >= 4 is 5.91 Å². The number of methoxy groups -OCH3 is 1. The van der Waals surface area contributed by atoms with Gasteiger partial charge in [0, 0.05) is 12.6 Å². The highest BCUT2D eigenvalue weighted by molar-refractivity contribution is 5.81. The number of amides is 1. The summed E-state index contributed by atoms with van der Waals surface area (Å²) in [4.78, 5) is 12.4. The Labute approximate surface area is 143 Å². The molecule has 0 radical (unpaired) electrons. The van der Waals surface area contributed by atoms with Crippen LogP contribution < -0.4 is 14.8 Å². The van der Waals surface area contributed by atoms with Gasteiger partial charge in [-0.05, 0) is 30.0 Å². The minimum atomic E-state index is -0.514.